The van der Waals surface area contributed by atoms with Crippen molar-refractivity contribution in [2.45, 2.75) is 77.3 Å². The summed E-state index contributed by atoms with van der Waals surface area (Å²) in [5, 5.41) is 0. The first-order valence-corrected chi connectivity index (χ1v) is 7.25. The van der Waals surface area contributed by atoms with Gasteiger partial charge in [0.1, 0.15) is 0 Å². The topological polar surface area (TPSA) is 24.1 Å². The smallest absolute Gasteiger partial charge is 0.0213 e. The van der Waals surface area contributed by atoms with Crippen LogP contribution in [0.2, 0.25) is 0 Å². The van der Waals surface area contributed by atoms with Crippen molar-refractivity contribution in [1.82, 2.24) is 10.9 Å². The van der Waals surface area contributed by atoms with Crippen molar-refractivity contribution in [3.63, 3.8) is 0 Å². The molecule has 0 bridgehead atoms. The van der Waals surface area contributed by atoms with Gasteiger partial charge in [0.2, 0.25) is 0 Å². The van der Waals surface area contributed by atoms with Gasteiger partial charge >= 0.3 is 0 Å². The van der Waals surface area contributed by atoms with E-state index in [1.165, 1.54) is 51.4 Å². The van der Waals surface area contributed by atoms with Gasteiger partial charge in [-0.1, -0.05) is 13.8 Å². The van der Waals surface area contributed by atoms with Gasteiger partial charge in [0.25, 0.3) is 0 Å². The Labute approximate surface area is 101 Å². The van der Waals surface area contributed by atoms with E-state index in [9.17, 15) is 0 Å². The Morgan fingerprint density at radius 1 is 0.562 bits per heavy atom. The molecular formula is C14H28N2. The first kappa shape index (κ1) is 12.4. The molecule has 94 valence electrons. The summed E-state index contributed by atoms with van der Waals surface area (Å²) in [4.78, 5) is 0. The van der Waals surface area contributed by atoms with Crippen LogP contribution in [-0.4, -0.2) is 12.1 Å². The summed E-state index contributed by atoms with van der Waals surface area (Å²) in [6, 6.07) is 1.46. The highest BCUT2D eigenvalue weighted by molar-refractivity contribution is 4.77. The van der Waals surface area contributed by atoms with E-state index in [0.717, 1.165) is 23.9 Å². The maximum Gasteiger partial charge on any atom is 0.0213 e. The Kier molecular flexibility index (Phi) is 4.66. The zero-order valence-corrected chi connectivity index (χ0v) is 11.0. The zero-order valence-electron chi connectivity index (χ0n) is 11.0. The number of rotatable bonds is 3. The first-order valence-electron chi connectivity index (χ1n) is 7.25. The highest BCUT2D eigenvalue weighted by Gasteiger charge is 2.21. The van der Waals surface area contributed by atoms with Crippen LogP contribution in [0.15, 0.2) is 0 Å². The van der Waals surface area contributed by atoms with Crippen molar-refractivity contribution in [1.29, 1.82) is 0 Å². The Hall–Kier alpha value is -0.0800. The van der Waals surface area contributed by atoms with Crippen LogP contribution < -0.4 is 10.9 Å². The molecule has 2 nitrogen and oxygen atoms in total. The predicted octanol–water partition coefficient (Wildman–Crippen LogP) is 3.24. The summed E-state index contributed by atoms with van der Waals surface area (Å²) >= 11 is 0. The van der Waals surface area contributed by atoms with Crippen LogP contribution in [-0.2, 0) is 0 Å². The highest BCUT2D eigenvalue weighted by Crippen LogP contribution is 2.25. The van der Waals surface area contributed by atoms with E-state index >= 15 is 0 Å². The summed E-state index contributed by atoms with van der Waals surface area (Å²) in [7, 11) is 0. The van der Waals surface area contributed by atoms with E-state index in [1.54, 1.807) is 0 Å². The van der Waals surface area contributed by atoms with Crippen LogP contribution in [0.25, 0.3) is 0 Å². The second kappa shape index (κ2) is 6.02. The third-order valence-corrected chi connectivity index (χ3v) is 4.52. The standard InChI is InChI=1S/C14H28N2/c1-11-3-7-13(8-4-11)15-16-14-9-5-12(2)6-10-14/h11-16H,3-10H2,1-2H3. The van der Waals surface area contributed by atoms with Gasteiger partial charge in [-0.3, -0.25) is 10.9 Å². The molecule has 0 saturated heterocycles. The van der Waals surface area contributed by atoms with Crippen LogP contribution in [0.3, 0.4) is 0 Å². The maximum atomic E-state index is 3.58. The van der Waals surface area contributed by atoms with Crippen molar-refractivity contribution in [2.75, 3.05) is 0 Å². The van der Waals surface area contributed by atoms with Gasteiger partial charge < -0.3 is 0 Å². The lowest BCUT2D eigenvalue weighted by Crippen LogP contribution is -2.48. The minimum Gasteiger partial charge on any atom is -0.255 e. The van der Waals surface area contributed by atoms with E-state index in [2.05, 4.69) is 24.7 Å². The Bertz CT molecular complexity index is 167. The van der Waals surface area contributed by atoms with Crippen LogP contribution in [0, 0.1) is 11.8 Å². The summed E-state index contributed by atoms with van der Waals surface area (Å²) in [6.07, 6.45) is 11.0. The van der Waals surface area contributed by atoms with E-state index in [-0.39, 0.29) is 0 Å². The molecule has 2 aliphatic rings. The normalized spacial score (nSPS) is 40.9. The molecule has 0 spiro atoms. The lowest BCUT2D eigenvalue weighted by Gasteiger charge is -2.32. The van der Waals surface area contributed by atoms with Gasteiger partial charge in [-0.05, 0) is 63.2 Å². The van der Waals surface area contributed by atoms with E-state index < -0.39 is 0 Å². The van der Waals surface area contributed by atoms with Crippen LogP contribution in [0.1, 0.15) is 65.2 Å². The molecule has 0 atom stereocenters. The summed E-state index contributed by atoms with van der Waals surface area (Å²) in [5.41, 5.74) is 7.15. The number of hydrazine groups is 1. The molecule has 2 saturated carbocycles. The number of nitrogens with one attached hydrogen (secondary N) is 2. The molecule has 0 unspecified atom stereocenters. The maximum absolute atomic E-state index is 3.58. The third-order valence-electron chi connectivity index (χ3n) is 4.52. The second-order valence-electron chi connectivity index (χ2n) is 6.20. The fourth-order valence-electron chi connectivity index (χ4n) is 3.04. The molecule has 0 aromatic rings. The summed E-state index contributed by atoms with van der Waals surface area (Å²) in [6.45, 7) is 4.76. The molecule has 2 heteroatoms. The van der Waals surface area contributed by atoms with Crippen molar-refractivity contribution >= 4 is 0 Å². The molecule has 2 N–H and O–H groups in total. The number of hydrogen-bond donors (Lipinski definition) is 2. The van der Waals surface area contributed by atoms with Crippen molar-refractivity contribution in [3.8, 4) is 0 Å². The lowest BCUT2D eigenvalue weighted by molar-refractivity contribution is 0.233. The Morgan fingerprint density at radius 2 is 0.875 bits per heavy atom. The van der Waals surface area contributed by atoms with E-state index in [4.69, 9.17) is 0 Å². The minimum atomic E-state index is 0.732. The first-order chi connectivity index (χ1) is 7.74. The predicted molar refractivity (Wildman–Crippen MR) is 69.1 cm³/mol. The molecule has 0 aliphatic heterocycles. The largest absolute Gasteiger partial charge is 0.255 e. The van der Waals surface area contributed by atoms with Crippen LogP contribution >= 0.6 is 0 Å². The van der Waals surface area contributed by atoms with Gasteiger partial charge in [0, 0.05) is 12.1 Å². The van der Waals surface area contributed by atoms with Gasteiger partial charge in [0.15, 0.2) is 0 Å². The molecule has 0 aromatic carbocycles. The fraction of sp³-hybridized carbons (Fsp3) is 1.00. The monoisotopic (exact) mass is 224 g/mol. The Balaban J connectivity index is 1.60. The summed E-state index contributed by atoms with van der Waals surface area (Å²) in [5.74, 6) is 1.90. The van der Waals surface area contributed by atoms with Gasteiger partial charge in [-0.25, -0.2) is 0 Å². The SMILES string of the molecule is CC1CCC(NNC2CCC(C)CC2)CC1. The van der Waals surface area contributed by atoms with E-state index in [1.807, 2.05) is 0 Å². The van der Waals surface area contributed by atoms with E-state index in [0.29, 0.717) is 0 Å². The molecule has 0 radical (unpaired) electrons. The van der Waals surface area contributed by atoms with Crippen LogP contribution in [0.5, 0.6) is 0 Å². The quantitative estimate of drug-likeness (QED) is 0.719. The molecule has 2 aliphatic carbocycles. The average Bonchev–Trinajstić information content (AvgIpc) is 2.30. The lowest BCUT2D eigenvalue weighted by atomic mass is 9.87. The average molecular weight is 224 g/mol. The minimum absolute atomic E-state index is 0.732. The molecular weight excluding hydrogens is 196 g/mol. The van der Waals surface area contributed by atoms with Crippen LogP contribution in [0.4, 0.5) is 0 Å². The zero-order chi connectivity index (χ0) is 11.4. The molecule has 2 fully saturated rings. The van der Waals surface area contributed by atoms with Crippen molar-refractivity contribution < 1.29 is 0 Å². The van der Waals surface area contributed by atoms with Gasteiger partial charge in [-0.15, -0.1) is 0 Å². The molecule has 0 heterocycles. The Morgan fingerprint density at radius 3 is 1.19 bits per heavy atom. The third kappa shape index (κ3) is 3.74. The molecule has 0 amide bonds. The molecule has 16 heavy (non-hydrogen) atoms. The fourth-order valence-corrected chi connectivity index (χ4v) is 3.04. The van der Waals surface area contributed by atoms with Gasteiger partial charge in [0.05, 0.1) is 0 Å². The number of hydrogen-bond acceptors (Lipinski definition) is 2. The molecule has 2 rings (SSSR count). The van der Waals surface area contributed by atoms with Gasteiger partial charge in [-0.2, -0.15) is 0 Å². The summed E-state index contributed by atoms with van der Waals surface area (Å²) < 4.78 is 0. The molecule has 0 aromatic heterocycles. The van der Waals surface area contributed by atoms with Crippen molar-refractivity contribution in [3.05, 3.63) is 0 Å². The highest BCUT2D eigenvalue weighted by atomic mass is 15.4. The second-order valence-corrected chi connectivity index (χ2v) is 6.20. The van der Waals surface area contributed by atoms with Crippen molar-refractivity contribution in [2.24, 2.45) is 11.8 Å².